The van der Waals surface area contributed by atoms with Crippen molar-refractivity contribution in [1.82, 2.24) is 0 Å². The van der Waals surface area contributed by atoms with E-state index in [4.69, 9.17) is 4.74 Å². The maximum atomic E-state index is 11.5. The predicted octanol–water partition coefficient (Wildman–Crippen LogP) is 4.18. The standard InChI is InChI=1S/C17H28O2/c1-11-6-7-13-15(3,4)14-10-17(11,13)9-8-16(14,5)19-12(2)18/h11,13-14H,6-10H2,1-5H3/t11-,13+,14-,16+,17-/m0/s1. The van der Waals surface area contributed by atoms with E-state index in [0.29, 0.717) is 16.7 Å². The first kappa shape index (κ1) is 13.5. The molecule has 0 aliphatic heterocycles. The van der Waals surface area contributed by atoms with Crippen LogP contribution in [0.1, 0.15) is 66.7 Å². The van der Waals surface area contributed by atoms with E-state index in [0.717, 1.165) is 18.3 Å². The average molecular weight is 264 g/mol. The van der Waals surface area contributed by atoms with Crippen LogP contribution in [0.5, 0.6) is 0 Å². The van der Waals surface area contributed by atoms with E-state index >= 15 is 0 Å². The van der Waals surface area contributed by atoms with Crippen molar-refractivity contribution in [1.29, 1.82) is 0 Å². The molecule has 0 unspecified atom stereocenters. The van der Waals surface area contributed by atoms with Crippen LogP contribution in [0.25, 0.3) is 0 Å². The summed E-state index contributed by atoms with van der Waals surface area (Å²) in [5.74, 6) is 2.10. The summed E-state index contributed by atoms with van der Waals surface area (Å²) in [5.41, 5.74) is 0.629. The summed E-state index contributed by atoms with van der Waals surface area (Å²) in [4.78, 5) is 11.5. The molecule has 0 heterocycles. The zero-order valence-electron chi connectivity index (χ0n) is 13.1. The highest BCUT2D eigenvalue weighted by Gasteiger charge is 2.68. The largest absolute Gasteiger partial charge is 0.459 e. The number of ether oxygens (including phenoxy) is 1. The molecule has 1 spiro atoms. The van der Waals surface area contributed by atoms with E-state index in [2.05, 4.69) is 27.7 Å². The lowest BCUT2D eigenvalue weighted by atomic mass is 9.64. The molecule has 0 aromatic carbocycles. The molecule has 3 rings (SSSR count). The van der Waals surface area contributed by atoms with Crippen molar-refractivity contribution in [3.63, 3.8) is 0 Å². The summed E-state index contributed by atoms with van der Waals surface area (Å²) in [6.07, 6.45) is 6.35. The number of fused-ring (bicyclic) bond motifs is 1. The van der Waals surface area contributed by atoms with Gasteiger partial charge in [0, 0.05) is 12.8 Å². The van der Waals surface area contributed by atoms with Gasteiger partial charge in [0.15, 0.2) is 0 Å². The van der Waals surface area contributed by atoms with E-state index in [1.54, 1.807) is 6.92 Å². The van der Waals surface area contributed by atoms with Crippen molar-refractivity contribution in [2.24, 2.45) is 28.6 Å². The minimum atomic E-state index is -0.232. The molecule has 0 saturated heterocycles. The van der Waals surface area contributed by atoms with Crippen LogP contribution in [0.15, 0.2) is 0 Å². The van der Waals surface area contributed by atoms with Gasteiger partial charge in [-0.15, -0.1) is 0 Å². The van der Waals surface area contributed by atoms with Crippen molar-refractivity contribution < 1.29 is 9.53 Å². The molecule has 2 bridgehead atoms. The van der Waals surface area contributed by atoms with Crippen molar-refractivity contribution in [2.45, 2.75) is 72.3 Å². The average Bonchev–Trinajstić information content (AvgIpc) is 2.69. The SMILES string of the molecule is CC(=O)O[C@]1(C)CC[C@@]23C[C@H]1C(C)(C)[C@H]2CC[C@@H]3C. The summed E-state index contributed by atoms with van der Waals surface area (Å²) in [6, 6.07) is 0. The van der Waals surface area contributed by atoms with Gasteiger partial charge in [0.1, 0.15) is 5.60 Å². The highest BCUT2D eigenvalue weighted by Crippen LogP contribution is 2.73. The maximum Gasteiger partial charge on any atom is 0.303 e. The fourth-order valence-corrected chi connectivity index (χ4v) is 6.31. The van der Waals surface area contributed by atoms with Gasteiger partial charge in [0.05, 0.1) is 0 Å². The lowest BCUT2D eigenvalue weighted by Gasteiger charge is -2.46. The highest BCUT2D eigenvalue weighted by atomic mass is 16.6. The van der Waals surface area contributed by atoms with Crippen LogP contribution >= 0.6 is 0 Å². The molecular weight excluding hydrogens is 236 g/mol. The monoisotopic (exact) mass is 264 g/mol. The second-order valence-corrected chi connectivity index (χ2v) is 8.25. The Hall–Kier alpha value is -0.530. The van der Waals surface area contributed by atoms with E-state index < -0.39 is 0 Å². The Kier molecular flexibility index (Phi) is 2.67. The molecule has 3 aliphatic carbocycles. The Labute approximate surface area is 117 Å². The summed E-state index contributed by atoms with van der Waals surface area (Å²) >= 11 is 0. The Morgan fingerprint density at radius 2 is 1.79 bits per heavy atom. The van der Waals surface area contributed by atoms with Crippen molar-refractivity contribution >= 4 is 5.97 Å². The molecule has 0 aromatic heterocycles. The zero-order valence-corrected chi connectivity index (χ0v) is 13.1. The summed E-state index contributed by atoms with van der Waals surface area (Å²) in [5, 5.41) is 0. The first-order valence-electron chi connectivity index (χ1n) is 7.92. The van der Waals surface area contributed by atoms with E-state index in [1.165, 1.54) is 25.7 Å². The molecule has 0 N–H and O–H groups in total. The fourth-order valence-electron chi connectivity index (χ4n) is 6.31. The van der Waals surface area contributed by atoms with Crippen molar-refractivity contribution in [3.05, 3.63) is 0 Å². The van der Waals surface area contributed by atoms with Crippen LogP contribution in [0, 0.1) is 28.6 Å². The molecule has 0 aromatic rings. The lowest BCUT2D eigenvalue weighted by Crippen LogP contribution is -2.47. The van der Waals surface area contributed by atoms with Gasteiger partial charge in [-0.05, 0) is 61.7 Å². The predicted molar refractivity (Wildman–Crippen MR) is 75.6 cm³/mol. The van der Waals surface area contributed by atoms with Crippen LogP contribution < -0.4 is 0 Å². The molecule has 0 amide bonds. The maximum absolute atomic E-state index is 11.5. The molecule has 2 heteroatoms. The smallest absolute Gasteiger partial charge is 0.303 e. The number of carbonyl (C=O) groups is 1. The van der Waals surface area contributed by atoms with Gasteiger partial charge >= 0.3 is 5.97 Å². The van der Waals surface area contributed by atoms with E-state index in [1.807, 2.05) is 0 Å². The number of hydrogen-bond donors (Lipinski definition) is 0. The first-order valence-corrected chi connectivity index (χ1v) is 7.92. The molecule has 2 nitrogen and oxygen atoms in total. The fraction of sp³-hybridized carbons (Fsp3) is 0.941. The van der Waals surface area contributed by atoms with Crippen LogP contribution in [0.4, 0.5) is 0 Å². The molecule has 5 atom stereocenters. The summed E-state index contributed by atoms with van der Waals surface area (Å²) in [6.45, 7) is 11.0. The highest BCUT2D eigenvalue weighted by molar-refractivity contribution is 5.66. The van der Waals surface area contributed by atoms with Gasteiger partial charge in [-0.2, -0.15) is 0 Å². The topological polar surface area (TPSA) is 26.3 Å². The van der Waals surface area contributed by atoms with E-state index in [-0.39, 0.29) is 11.6 Å². The Morgan fingerprint density at radius 3 is 2.42 bits per heavy atom. The normalized spacial score (nSPS) is 50.9. The summed E-state index contributed by atoms with van der Waals surface area (Å²) < 4.78 is 5.80. The molecule has 3 fully saturated rings. The minimum absolute atomic E-state index is 0.112. The van der Waals surface area contributed by atoms with Gasteiger partial charge in [-0.25, -0.2) is 0 Å². The van der Waals surface area contributed by atoms with Crippen molar-refractivity contribution in [2.75, 3.05) is 0 Å². The summed E-state index contributed by atoms with van der Waals surface area (Å²) in [7, 11) is 0. The molecule has 0 radical (unpaired) electrons. The molecule has 3 aliphatic rings. The van der Waals surface area contributed by atoms with Crippen molar-refractivity contribution in [3.8, 4) is 0 Å². The minimum Gasteiger partial charge on any atom is -0.459 e. The molecule has 108 valence electrons. The molecule has 3 saturated carbocycles. The van der Waals surface area contributed by atoms with Gasteiger partial charge in [0.2, 0.25) is 0 Å². The molecular formula is C17H28O2. The molecule has 19 heavy (non-hydrogen) atoms. The number of rotatable bonds is 1. The zero-order chi connectivity index (χ0) is 14.1. The third kappa shape index (κ3) is 1.58. The Bertz CT molecular complexity index is 413. The number of esters is 1. The Morgan fingerprint density at radius 1 is 1.11 bits per heavy atom. The second-order valence-electron chi connectivity index (χ2n) is 8.25. The van der Waals surface area contributed by atoms with Gasteiger partial charge in [0.25, 0.3) is 0 Å². The number of carbonyl (C=O) groups excluding carboxylic acids is 1. The Balaban J connectivity index is 1.99. The van der Waals surface area contributed by atoms with Crippen LogP contribution in [0.3, 0.4) is 0 Å². The van der Waals surface area contributed by atoms with Gasteiger partial charge < -0.3 is 4.74 Å². The number of hydrogen-bond acceptors (Lipinski definition) is 2. The van der Waals surface area contributed by atoms with Crippen LogP contribution in [0.2, 0.25) is 0 Å². The quantitative estimate of drug-likeness (QED) is 0.664. The van der Waals surface area contributed by atoms with Gasteiger partial charge in [-0.1, -0.05) is 20.8 Å². The van der Waals surface area contributed by atoms with Crippen LogP contribution in [-0.2, 0) is 9.53 Å². The second kappa shape index (κ2) is 3.77. The van der Waals surface area contributed by atoms with E-state index in [9.17, 15) is 4.79 Å². The third-order valence-corrected chi connectivity index (χ3v) is 7.15. The first-order chi connectivity index (χ1) is 8.72. The van der Waals surface area contributed by atoms with Gasteiger partial charge in [-0.3, -0.25) is 4.79 Å². The third-order valence-electron chi connectivity index (χ3n) is 7.15. The lowest BCUT2D eigenvalue weighted by molar-refractivity contribution is -0.171. The van der Waals surface area contributed by atoms with Crippen LogP contribution in [-0.4, -0.2) is 11.6 Å².